The molecule has 6 heteroatoms. The number of nitrogens with zero attached hydrogens (tertiary/aromatic N) is 2. The molecule has 0 spiro atoms. The highest BCUT2D eigenvalue weighted by atomic mass is 32.1. The summed E-state index contributed by atoms with van der Waals surface area (Å²) >= 11 is 5.69. The SMILES string of the molecule is Cc1cccc(NC(=S)N(CCN(C)C)Cc2cc3ccc(C)cc3[nH]c2=O)c1. The second-order valence-corrected chi connectivity index (χ2v) is 8.13. The van der Waals surface area contributed by atoms with Crippen LogP contribution in [-0.4, -0.2) is 47.1 Å². The van der Waals surface area contributed by atoms with Crippen LogP contribution in [0.4, 0.5) is 5.69 Å². The first kappa shape index (κ1) is 21.0. The van der Waals surface area contributed by atoms with E-state index in [2.05, 4.69) is 27.3 Å². The highest BCUT2D eigenvalue weighted by molar-refractivity contribution is 7.80. The maximum absolute atomic E-state index is 12.7. The molecule has 2 aromatic carbocycles. The number of fused-ring (bicyclic) bond motifs is 1. The number of rotatable bonds is 6. The van der Waals surface area contributed by atoms with Gasteiger partial charge in [-0.05, 0) is 80.9 Å². The number of aromatic amines is 1. The summed E-state index contributed by atoms with van der Waals surface area (Å²) in [5, 5.41) is 4.95. The first-order valence-electron chi connectivity index (χ1n) is 9.72. The molecule has 0 aliphatic heterocycles. The number of hydrogen-bond acceptors (Lipinski definition) is 3. The summed E-state index contributed by atoms with van der Waals surface area (Å²) in [6.07, 6.45) is 0. The molecule has 0 atom stereocenters. The first-order chi connectivity index (χ1) is 13.8. The van der Waals surface area contributed by atoms with Gasteiger partial charge in [-0.3, -0.25) is 4.79 Å². The monoisotopic (exact) mass is 408 g/mol. The van der Waals surface area contributed by atoms with Gasteiger partial charge in [-0.15, -0.1) is 0 Å². The number of anilines is 1. The van der Waals surface area contributed by atoms with Crippen LogP contribution in [0.2, 0.25) is 0 Å². The largest absolute Gasteiger partial charge is 0.343 e. The van der Waals surface area contributed by atoms with Gasteiger partial charge in [0.2, 0.25) is 0 Å². The quantitative estimate of drug-likeness (QED) is 0.606. The van der Waals surface area contributed by atoms with Crippen molar-refractivity contribution in [3.8, 4) is 0 Å². The van der Waals surface area contributed by atoms with Crippen molar-refractivity contribution in [3.05, 3.63) is 75.6 Å². The van der Waals surface area contributed by atoms with Gasteiger partial charge in [0, 0.05) is 29.9 Å². The van der Waals surface area contributed by atoms with Gasteiger partial charge < -0.3 is 20.1 Å². The summed E-state index contributed by atoms with van der Waals surface area (Å²) in [7, 11) is 4.06. The minimum absolute atomic E-state index is 0.0729. The standard InChI is InChI=1S/C23H28N4OS/c1-16-6-5-7-20(12-16)24-23(29)27(11-10-26(3)4)15-19-14-18-9-8-17(2)13-21(18)25-22(19)28/h5-9,12-14H,10-11,15H2,1-4H3,(H,24,29)(H,25,28). The van der Waals surface area contributed by atoms with Crippen LogP contribution in [0, 0.1) is 13.8 Å². The number of likely N-dealkylation sites (N-methyl/N-ethyl adjacent to an activating group) is 1. The van der Waals surface area contributed by atoms with Crippen molar-refractivity contribution in [2.45, 2.75) is 20.4 Å². The number of hydrogen-bond donors (Lipinski definition) is 2. The summed E-state index contributed by atoms with van der Waals surface area (Å²) < 4.78 is 0. The average molecular weight is 409 g/mol. The van der Waals surface area contributed by atoms with Crippen LogP contribution >= 0.6 is 12.2 Å². The molecule has 0 unspecified atom stereocenters. The van der Waals surface area contributed by atoms with Crippen molar-refractivity contribution in [3.63, 3.8) is 0 Å². The van der Waals surface area contributed by atoms with Crippen molar-refractivity contribution >= 4 is 33.9 Å². The second kappa shape index (κ2) is 9.20. The smallest absolute Gasteiger partial charge is 0.253 e. The van der Waals surface area contributed by atoms with Gasteiger partial charge in [-0.25, -0.2) is 0 Å². The molecular weight excluding hydrogens is 380 g/mol. The molecule has 152 valence electrons. The van der Waals surface area contributed by atoms with Gasteiger partial charge in [0.05, 0.1) is 6.54 Å². The number of aryl methyl sites for hydroxylation is 2. The molecule has 0 aliphatic rings. The molecular formula is C23H28N4OS. The highest BCUT2D eigenvalue weighted by Crippen LogP contribution is 2.15. The predicted molar refractivity (Wildman–Crippen MR) is 126 cm³/mol. The lowest BCUT2D eigenvalue weighted by Crippen LogP contribution is -2.40. The number of nitrogens with one attached hydrogen (secondary N) is 2. The molecule has 3 rings (SSSR count). The van der Waals surface area contributed by atoms with Gasteiger partial charge in [-0.2, -0.15) is 0 Å². The Hall–Kier alpha value is -2.70. The van der Waals surface area contributed by atoms with Crippen LogP contribution in [0.3, 0.4) is 0 Å². The van der Waals surface area contributed by atoms with E-state index >= 15 is 0 Å². The van der Waals surface area contributed by atoms with Crippen molar-refractivity contribution in [2.24, 2.45) is 0 Å². The lowest BCUT2D eigenvalue weighted by atomic mass is 10.1. The Kier molecular flexibility index (Phi) is 6.67. The molecule has 3 aromatic rings. The van der Waals surface area contributed by atoms with E-state index in [0.717, 1.165) is 35.2 Å². The molecule has 1 heterocycles. The Morgan fingerprint density at radius 2 is 1.79 bits per heavy atom. The zero-order chi connectivity index (χ0) is 21.0. The average Bonchev–Trinajstić information content (AvgIpc) is 2.65. The minimum atomic E-state index is -0.0729. The number of benzene rings is 2. The second-order valence-electron chi connectivity index (χ2n) is 7.74. The fourth-order valence-corrected chi connectivity index (χ4v) is 3.46. The molecule has 2 N–H and O–H groups in total. The molecule has 29 heavy (non-hydrogen) atoms. The molecule has 5 nitrogen and oxygen atoms in total. The Morgan fingerprint density at radius 1 is 1.03 bits per heavy atom. The zero-order valence-electron chi connectivity index (χ0n) is 17.5. The van der Waals surface area contributed by atoms with Gasteiger partial charge >= 0.3 is 0 Å². The zero-order valence-corrected chi connectivity index (χ0v) is 18.3. The summed E-state index contributed by atoms with van der Waals surface area (Å²) in [4.78, 5) is 19.8. The Morgan fingerprint density at radius 3 is 2.52 bits per heavy atom. The fraction of sp³-hybridized carbons (Fsp3) is 0.304. The molecule has 0 bridgehead atoms. The molecule has 0 saturated carbocycles. The Balaban J connectivity index is 1.85. The van der Waals surface area contributed by atoms with Crippen molar-refractivity contribution < 1.29 is 0 Å². The minimum Gasteiger partial charge on any atom is -0.343 e. The number of H-pyrrole nitrogens is 1. The van der Waals surface area contributed by atoms with E-state index in [9.17, 15) is 4.79 Å². The van der Waals surface area contributed by atoms with E-state index in [4.69, 9.17) is 12.2 Å². The normalized spacial score (nSPS) is 11.1. The van der Waals surface area contributed by atoms with Crippen LogP contribution in [0.15, 0.2) is 53.3 Å². The molecule has 0 aliphatic carbocycles. The number of pyridine rings is 1. The summed E-state index contributed by atoms with van der Waals surface area (Å²) in [5.41, 5.74) is 4.73. The Labute approximate surface area is 177 Å². The van der Waals surface area contributed by atoms with Crippen molar-refractivity contribution in [1.82, 2.24) is 14.8 Å². The van der Waals surface area contributed by atoms with E-state index in [-0.39, 0.29) is 5.56 Å². The third-order valence-corrected chi connectivity index (χ3v) is 5.17. The van der Waals surface area contributed by atoms with Crippen molar-refractivity contribution in [2.75, 3.05) is 32.5 Å². The molecule has 0 radical (unpaired) electrons. The lowest BCUT2D eigenvalue weighted by Gasteiger charge is -2.27. The predicted octanol–water partition coefficient (Wildman–Crippen LogP) is 3.91. The third kappa shape index (κ3) is 5.65. The van der Waals surface area contributed by atoms with Crippen LogP contribution in [0.5, 0.6) is 0 Å². The van der Waals surface area contributed by atoms with E-state index in [1.54, 1.807) is 0 Å². The third-order valence-electron chi connectivity index (χ3n) is 4.81. The molecule has 0 fully saturated rings. The highest BCUT2D eigenvalue weighted by Gasteiger charge is 2.14. The molecule has 1 aromatic heterocycles. The Bertz CT molecular complexity index is 1070. The van der Waals surface area contributed by atoms with Crippen LogP contribution in [0.1, 0.15) is 16.7 Å². The maximum atomic E-state index is 12.7. The van der Waals surface area contributed by atoms with E-state index in [1.807, 2.05) is 69.2 Å². The van der Waals surface area contributed by atoms with Gasteiger partial charge in [0.1, 0.15) is 0 Å². The summed E-state index contributed by atoms with van der Waals surface area (Å²) in [5.74, 6) is 0. The topological polar surface area (TPSA) is 51.4 Å². The lowest BCUT2D eigenvalue weighted by molar-refractivity contribution is 0.327. The van der Waals surface area contributed by atoms with Crippen LogP contribution < -0.4 is 10.9 Å². The van der Waals surface area contributed by atoms with Crippen LogP contribution in [0.25, 0.3) is 10.9 Å². The van der Waals surface area contributed by atoms with Crippen molar-refractivity contribution in [1.29, 1.82) is 0 Å². The molecule has 0 saturated heterocycles. The number of thiocarbonyl (C=S) groups is 1. The van der Waals surface area contributed by atoms with E-state index in [1.165, 1.54) is 5.56 Å². The summed E-state index contributed by atoms with van der Waals surface area (Å²) in [6, 6.07) is 16.2. The van der Waals surface area contributed by atoms with Crippen LogP contribution in [-0.2, 0) is 6.54 Å². The fourth-order valence-electron chi connectivity index (χ4n) is 3.18. The van der Waals surface area contributed by atoms with E-state index < -0.39 is 0 Å². The van der Waals surface area contributed by atoms with Gasteiger partial charge in [0.15, 0.2) is 5.11 Å². The number of aromatic nitrogens is 1. The maximum Gasteiger partial charge on any atom is 0.253 e. The molecule has 0 amide bonds. The first-order valence-corrected chi connectivity index (χ1v) is 10.1. The van der Waals surface area contributed by atoms with Gasteiger partial charge in [0.25, 0.3) is 5.56 Å². The van der Waals surface area contributed by atoms with Gasteiger partial charge in [-0.1, -0.05) is 24.3 Å². The van der Waals surface area contributed by atoms with E-state index in [0.29, 0.717) is 17.2 Å². The summed E-state index contributed by atoms with van der Waals surface area (Å²) in [6.45, 7) is 6.07.